The van der Waals surface area contributed by atoms with Gasteiger partial charge in [-0.15, -0.1) is 0 Å². The Morgan fingerprint density at radius 3 is 2.12 bits per heavy atom. The Balaban J connectivity index is 2.49. The van der Waals surface area contributed by atoms with Crippen LogP contribution in [0.5, 0.6) is 0 Å². The second-order valence-electron chi connectivity index (χ2n) is 1.70. The van der Waals surface area contributed by atoms with Crippen molar-refractivity contribution in [2.75, 3.05) is 0 Å². The van der Waals surface area contributed by atoms with Crippen LogP contribution in [0, 0.1) is 0 Å². The average Bonchev–Trinajstić information content (AvgIpc) is 2.12. The van der Waals surface area contributed by atoms with E-state index in [-0.39, 0.29) is 10.9 Å². The topological polar surface area (TPSA) is 0 Å². The van der Waals surface area contributed by atoms with Crippen LogP contribution in [0.1, 0.15) is 6.92 Å². The molecule has 1 aliphatic heterocycles. The predicted molar refractivity (Wildman–Crippen MR) is 45.7 cm³/mol. The number of allylic oxidation sites excluding steroid dienone is 2. The highest BCUT2D eigenvalue weighted by atomic mass is 79.9. The number of hydrogen-bond donors (Lipinski definition) is 1. The first-order chi connectivity index (χ1) is 3.80. The molecule has 0 N–H and O–H groups in total. The van der Waals surface area contributed by atoms with E-state index in [9.17, 15) is 0 Å². The fraction of sp³-hybridized carbons (Fsp3) is 0.333. The Morgan fingerprint density at radius 1 is 1.38 bits per heavy atom. The maximum Gasteiger partial charge on any atom is 0.0458 e. The molecule has 0 saturated heterocycles. The monoisotopic (exact) mass is 192 g/mol. The summed E-state index contributed by atoms with van der Waals surface area (Å²) >= 11 is 3.53. The van der Waals surface area contributed by atoms with Crippen LogP contribution in [0.4, 0.5) is 0 Å². The lowest BCUT2D eigenvalue weighted by atomic mass is 10.6. The summed E-state index contributed by atoms with van der Waals surface area (Å²) in [7, 11) is 0.0514. The molecule has 0 aliphatic carbocycles. The normalized spacial score (nSPS) is 24.5. The molecule has 46 valence electrons. The summed E-state index contributed by atoms with van der Waals surface area (Å²) in [6.45, 7) is 2.19. The average molecular weight is 193 g/mol. The molecule has 8 heavy (non-hydrogen) atoms. The van der Waals surface area contributed by atoms with Crippen LogP contribution in [0.15, 0.2) is 23.0 Å². The smallest absolute Gasteiger partial charge is 0.0458 e. The van der Waals surface area contributed by atoms with E-state index in [0.717, 1.165) is 0 Å². The van der Waals surface area contributed by atoms with Crippen LogP contribution in [0.25, 0.3) is 0 Å². The van der Waals surface area contributed by atoms with Crippen molar-refractivity contribution in [3.8, 4) is 0 Å². The maximum atomic E-state index is 3.53. The Morgan fingerprint density at radius 2 is 1.88 bits per heavy atom. The van der Waals surface area contributed by atoms with Gasteiger partial charge in [0, 0.05) is 4.16 Å². The fourth-order valence-electron chi connectivity index (χ4n) is 0.585. The standard InChI is InChI=1S/C6H9BrS/c1-6(7)8-4-2-3-5-8/h2-6,8H,1H3. The number of thiol groups is 1. The van der Waals surface area contributed by atoms with Gasteiger partial charge in [0.25, 0.3) is 0 Å². The molecular formula is C6H9BrS. The summed E-state index contributed by atoms with van der Waals surface area (Å²) in [4.78, 5) is 0. The van der Waals surface area contributed by atoms with Gasteiger partial charge in [0.05, 0.1) is 0 Å². The summed E-state index contributed by atoms with van der Waals surface area (Å²) in [5.41, 5.74) is 0. The highest BCUT2D eigenvalue weighted by molar-refractivity contribution is 9.11. The van der Waals surface area contributed by atoms with E-state index in [0.29, 0.717) is 4.16 Å². The Hall–Kier alpha value is 0.310. The molecule has 0 nitrogen and oxygen atoms in total. The molecule has 0 spiro atoms. The van der Waals surface area contributed by atoms with Crippen molar-refractivity contribution < 1.29 is 0 Å². The molecule has 0 radical (unpaired) electrons. The zero-order valence-corrected chi connectivity index (χ0v) is 7.19. The van der Waals surface area contributed by atoms with E-state index >= 15 is 0 Å². The first kappa shape index (κ1) is 6.43. The zero-order valence-electron chi connectivity index (χ0n) is 4.71. The molecule has 1 rings (SSSR count). The molecular weight excluding hydrogens is 184 g/mol. The molecule has 0 aromatic carbocycles. The maximum absolute atomic E-state index is 3.53. The first-order valence-electron chi connectivity index (χ1n) is 2.57. The Kier molecular flexibility index (Phi) is 2.20. The third-order valence-electron chi connectivity index (χ3n) is 1.04. The van der Waals surface area contributed by atoms with Gasteiger partial charge in [0.2, 0.25) is 0 Å². The number of hydrogen-bond acceptors (Lipinski definition) is 0. The molecule has 0 bridgehead atoms. The third kappa shape index (κ3) is 1.39. The van der Waals surface area contributed by atoms with Gasteiger partial charge in [-0.3, -0.25) is 0 Å². The first-order valence-corrected chi connectivity index (χ1v) is 5.04. The van der Waals surface area contributed by atoms with Crippen molar-refractivity contribution in [3.63, 3.8) is 0 Å². The molecule has 0 saturated carbocycles. The summed E-state index contributed by atoms with van der Waals surface area (Å²) in [5.74, 6) is 0. The van der Waals surface area contributed by atoms with Crippen LogP contribution < -0.4 is 0 Å². The summed E-state index contributed by atoms with van der Waals surface area (Å²) < 4.78 is 0.646. The van der Waals surface area contributed by atoms with Crippen LogP contribution in [-0.2, 0) is 0 Å². The molecule has 1 heterocycles. The van der Waals surface area contributed by atoms with E-state index in [1.54, 1.807) is 0 Å². The molecule has 0 fully saturated rings. The number of halogens is 1. The zero-order chi connectivity index (χ0) is 5.98. The van der Waals surface area contributed by atoms with Gasteiger partial charge in [-0.2, -0.15) is 0 Å². The van der Waals surface area contributed by atoms with Crippen molar-refractivity contribution in [2.45, 2.75) is 11.1 Å². The molecule has 2 heteroatoms. The number of rotatable bonds is 1. The van der Waals surface area contributed by atoms with Crippen LogP contribution in [0.2, 0.25) is 0 Å². The van der Waals surface area contributed by atoms with E-state index in [1.807, 2.05) is 0 Å². The summed E-state index contributed by atoms with van der Waals surface area (Å²) in [6.07, 6.45) is 4.23. The van der Waals surface area contributed by atoms with E-state index in [1.165, 1.54) is 0 Å². The predicted octanol–water partition coefficient (Wildman–Crippen LogP) is 2.77. The molecule has 1 atom stereocenters. The van der Waals surface area contributed by atoms with E-state index in [4.69, 9.17) is 0 Å². The van der Waals surface area contributed by atoms with Crippen molar-refractivity contribution in [3.05, 3.63) is 23.0 Å². The van der Waals surface area contributed by atoms with Crippen molar-refractivity contribution in [1.82, 2.24) is 0 Å². The molecule has 0 aromatic rings. The second kappa shape index (κ2) is 2.74. The van der Waals surface area contributed by atoms with Gasteiger partial charge >= 0.3 is 0 Å². The quantitative estimate of drug-likeness (QED) is 0.480. The lowest BCUT2D eigenvalue weighted by Crippen LogP contribution is -1.82. The third-order valence-corrected chi connectivity index (χ3v) is 4.31. The van der Waals surface area contributed by atoms with Gasteiger partial charge < -0.3 is 0 Å². The van der Waals surface area contributed by atoms with Crippen molar-refractivity contribution in [2.24, 2.45) is 0 Å². The summed E-state index contributed by atoms with van der Waals surface area (Å²) in [6, 6.07) is 0. The Bertz CT molecular complexity index is 114. The molecule has 0 aromatic heterocycles. The van der Waals surface area contributed by atoms with Gasteiger partial charge in [0.15, 0.2) is 0 Å². The minimum absolute atomic E-state index is 0.0514. The molecule has 1 unspecified atom stereocenters. The van der Waals surface area contributed by atoms with Gasteiger partial charge in [-0.05, 0) is 17.7 Å². The van der Waals surface area contributed by atoms with Crippen LogP contribution in [0.3, 0.4) is 0 Å². The molecule has 1 aliphatic rings. The fourth-order valence-corrected chi connectivity index (χ4v) is 2.57. The lowest BCUT2D eigenvalue weighted by molar-refractivity contribution is 1.45. The van der Waals surface area contributed by atoms with Gasteiger partial charge in [-0.25, -0.2) is 10.9 Å². The SMILES string of the molecule is CC(Br)[SH]1C=CC=C1. The minimum atomic E-state index is 0.0514. The lowest BCUT2D eigenvalue weighted by Gasteiger charge is -2.11. The van der Waals surface area contributed by atoms with Gasteiger partial charge in [0.1, 0.15) is 0 Å². The second-order valence-corrected chi connectivity index (χ2v) is 6.05. The van der Waals surface area contributed by atoms with Crippen molar-refractivity contribution in [1.29, 1.82) is 0 Å². The van der Waals surface area contributed by atoms with Crippen LogP contribution >= 0.6 is 26.8 Å². The van der Waals surface area contributed by atoms with Crippen molar-refractivity contribution >= 4 is 26.8 Å². The van der Waals surface area contributed by atoms with E-state index < -0.39 is 0 Å². The highest BCUT2D eigenvalue weighted by Gasteiger charge is 2.03. The minimum Gasteiger partial charge on any atom is -0.201 e. The van der Waals surface area contributed by atoms with E-state index in [2.05, 4.69) is 45.8 Å². The van der Waals surface area contributed by atoms with Crippen LogP contribution in [-0.4, -0.2) is 4.16 Å². The summed E-state index contributed by atoms with van der Waals surface area (Å²) in [5, 5.41) is 4.52. The van der Waals surface area contributed by atoms with Gasteiger partial charge in [-0.1, -0.05) is 28.1 Å². The largest absolute Gasteiger partial charge is 0.201 e. The number of alkyl halides is 1. The Labute approximate surface area is 61.1 Å². The molecule has 0 amide bonds. The highest BCUT2D eigenvalue weighted by Crippen LogP contribution is 2.40.